The van der Waals surface area contributed by atoms with Crippen molar-refractivity contribution in [1.29, 1.82) is 0 Å². The standard InChI is InChI=1S/C18H19FN2O2/c1-2-22-8-9-23-17-5-3-4-16(11-17)21-12-14-10-15(19)6-7-18(14)20-13-21/h3-7,10-11,13H,2,8-9,12H2,1H3. The molecule has 0 amide bonds. The number of rotatable bonds is 6. The average Bonchev–Trinajstić information content (AvgIpc) is 2.58. The maximum absolute atomic E-state index is 13.4. The van der Waals surface area contributed by atoms with Crippen LogP contribution in [0.5, 0.6) is 5.75 Å². The highest BCUT2D eigenvalue weighted by molar-refractivity contribution is 5.84. The lowest BCUT2D eigenvalue weighted by Crippen LogP contribution is -2.23. The number of benzene rings is 2. The summed E-state index contributed by atoms with van der Waals surface area (Å²) in [6, 6.07) is 12.4. The van der Waals surface area contributed by atoms with Gasteiger partial charge in [-0.05, 0) is 37.3 Å². The van der Waals surface area contributed by atoms with Crippen molar-refractivity contribution >= 4 is 17.7 Å². The number of halogens is 1. The first-order valence-corrected chi connectivity index (χ1v) is 7.66. The number of ether oxygens (including phenoxy) is 2. The predicted molar refractivity (Wildman–Crippen MR) is 89.2 cm³/mol. The molecule has 3 rings (SSSR count). The van der Waals surface area contributed by atoms with Crippen LogP contribution in [0.4, 0.5) is 15.8 Å². The van der Waals surface area contributed by atoms with Gasteiger partial charge in [-0.25, -0.2) is 9.38 Å². The molecule has 2 aromatic carbocycles. The summed E-state index contributed by atoms with van der Waals surface area (Å²) < 4.78 is 24.3. The molecule has 0 aromatic heterocycles. The van der Waals surface area contributed by atoms with Gasteiger partial charge in [0.1, 0.15) is 18.2 Å². The number of nitrogens with zero attached hydrogens (tertiary/aromatic N) is 2. The molecule has 2 aromatic rings. The van der Waals surface area contributed by atoms with Crippen molar-refractivity contribution in [2.24, 2.45) is 4.99 Å². The molecule has 0 bridgehead atoms. The maximum Gasteiger partial charge on any atom is 0.123 e. The average molecular weight is 314 g/mol. The Morgan fingerprint density at radius 1 is 1.17 bits per heavy atom. The van der Waals surface area contributed by atoms with E-state index in [0.717, 1.165) is 22.7 Å². The fourth-order valence-electron chi connectivity index (χ4n) is 2.44. The third-order valence-electron chi connectivity index (χ3n) is 3.57. The van der Waals surface area contributed by atoms with Crippen LogP contribution in [0, 0.1) is 5.82 Å². The highest BCUT2D eigenvalue weighted by Gasteiger charge is 2.14. The summed E-state index contributed by atoms with van der Waals surface area (Å²) in [5.74, 6) is 0.537. The molecule has 1 heterocycles. The van der Waals surface area contributed by atoms with Gasteiger partial charge in [0.25, 0.3) is 0 Å². The zero-order chi connectivity index (χ0) is 16.1. The lowest BCUT2D eigenvalue weighted by molar-refractivity contribution is 0.110. The van der Waals surface area contributed by atoms with E-state index in [1.165, 1.54) is 12.1 Å². The van der Waals surface area contributed by atoms with E-state index < -0.39 is 0 Å². The molecule has 0 saturated heterocycles. The number of hydrogen-bond acceptors (Lipinski definition) is 4. The van der Waals surface area contributed by atoms with Crippen LogP contribution in [-0.4, -0.2) is 26.2 Å². The summed E-state index contributed by atoms with van der Waals surface area (Å²) in [5, 5.41) is 0. The minimum absolute atomic E-state index is 0.242. The quantitative estimate of drug-likeness (QED) is 0.758. The molecule has 1 aliphatic rings. The first-order valence-electron chi connectivity index (χ1n) is 7.66. The van der Waals surface area contributed by atoms with Crippen LogP contribution in [0.15, 0.2) is 47.5 Å². The van der Waals surface area contributed by atoms with Crippen LogP contribution in [0.3, 0.4) is 0 Å². The Morgan fingerprint density at radius 2 is 2.09 bits per heavy atom. The van der Waals surface area contributed by atoms with Gasteiger partial charge in [-0.2, -0.15) is 0 Å². The van der Waals surface area contributed by atoms with Crippen molar-refractivity contribution in [1.82, 2.24) is 0 Å². The Kier molecular flexibility index (Phi) is 4.88. The lowest BCUT2D eigenvalue weighted by atomic mass is 10.1. The second-order valence-corrected chi connectivity index (χ2v) is 5.19. The van der Waals surface area contributed by atoms with Crippen molar-refractivity contribution in [2.45, 2.75) is 13.5 Å². The van der Waals surface area contributed by atoms with Crippen LogP contribution in [0.1, 0.15) is 12.5 Å². The van der Waals surface area contributed by atoms with Crippen LogP contribution in [-0.2, 0) is 11.3 Å². The van der Waals surface area contributed by atoms with Gasteiger partial charge in [0.15, 0.2) is 0 Å². The van der Waals surface area contributed by atoms with Gasteiger partial charge in [-0.3, -0.25) is 0 Å². The topological polar surface area (TPSA) is 34.1 Å². The number of aliphatic imine (C=N–C) groups is 1. The fourth-order valence-corrected chi connectivity index (χ4v) is 2.44. The van der Waals surface area contributed by atoms with E-state index in [9.17, 15) is 4.39 Å². The molecular formula is C18H19FN2O2. The third-order valence-corrected chi connectivity index (χ3v) is 3.57. The Bertz CT molecular complexity index is 703. The monoisotopic (exact) mass is 314 g/mol. The largest absolute Gasteiger partial charge is 0.491 e. The van der Waals surface area contributed by atoms with Crippen LogP contribution in [0.2, 0.25) is 0 Å². The summed E-state index contributed by atoms with van der Waals surface area (Å²) in [7, 11) is 0. The Labute approximate surface area is 135 Å². The summed E-state index contributed by atoms with van der Waals surface area (Å²) in [4.78, 5) is 6.35. The van der Waals surface area contributed by atoms with E-state index in [1.54, 1.807) is 12.4 Å². The molecule has 0 atom stereocenters. The van der Waals surface area contributed by atoms with Crippen molar-refractivity contribution in [3.05, 3.63) is 53.8 Å². The summed E-state index contributed by atoms with van der Waals surface area (Å²) in [5.41, 5.74) is 2.64. The number of anilines is 1. The van der Waals surface area contributed by atoms with Gasteiger partial charge in [0.2, 0.25) is 0 Å². The van der Waals surface area contributed by atoms with E-state index in [4.69, 9.17) is 9.47 Å². The van der Waals surface area contributed by atoms with Gasteiger partial charge in [-0.15, -0.1) is 0 Å². The van der Waals surface area contributed by atoms with Crippen molar-refractivity contribution in [2.75, 3.05) is 24.7 Å². The Morgan fingerprint density at radius 3 is 2.96 bits per heavy atom. The molecule has 0 fully saturated rings. The van der Waals surface area contributed by atoms with Crippen LogP contribution < -0.4 is 9.64 Å². The summed E-state index contributed by atoms with van der Waals surface area (Å²) >= 11 is 0. The highest BCUT2D eigenvalue weighted by Crippen LogP contribution is 2.29. The molecule has 1 aliphatic heterocycles. The second-order valence-electron chi connectivity index (χ2n) is 5.19. The van der Waals surface area contributed by atoms with Gasteiger partial charge >= 0.3 is 0 Å². The molecule has 0 aliphatic carbocycles. The summed E-state index contributed by atoms with van der Waals surface area (Å²) in [6.45, 7) is 4.30. The van der Waals surface area contributed by atoms with Crippen LogP contribution >= 0.6 is 0 Å². The molecule has 120 valence electrons. The van der Waals surface area contributed by atoms with Crippen molar-refractivity contribution in [3.8, 4) is 5.75 Å². The number of hydrogen-bond donors (Lipinski definition) is 0. The Hall–Kier alpha value is -2.40. The molecule has 23 heavy (non-hydrogen) atoms. The van der Waals surface area contributed by atoms with E-state index in [0.29, 0.717) is 26.4 Å². The molecule has 4 nitrogen and oxygen atoms in total. The van der Waals surface area contributed by atoms with Crippen molar-refractivity contribution in [3.63, 3.8) is 0 Å². The predicted octanol–water partition coefficient (Wildman–Crippen LogP) is 3.92. The van der Waals surface area contributed by atoms with E-state index in [1.807, 2.05) is 36.1 Å². The molecule has 0 radical (unpaired) electrons. The van der Waals surface area contributed by atoms with Gasteiger partial charge in [0.05, 0.1) is 25.2 Å². The molecule has 0 N–H and O–H groups in total. The van der Waals surface area contributed by atoms with Crippen molar-refractivity contribution < 1.29 is 13.9 Å². The SMILES string of the molecule is CCOCCOc1cccc(N2C=Nc3ccc(F)cc3C2)c1. The molecule has 5 heteroatoms. The molecular weight excluding hydrogens is 295 g/mol. The number of fused-ring (bicyclic) bond motifs is 1. The first-order chi connectivity index (χ1) is 11.3. The van der Waals surface area contributed by atoms with Gasteiger partial charge < -0.3 is 14.4 Å². The second kappa shape index (κ2) is 7.24. The fraction of sp³-hybridized carbons (Fsp3) is 0.278. The highest BCUT2D eigenvalue weighted by atomic mass is 19.1. The third kappa shape index (κ3) is 3.87. The maximum atomic E-state index is 13.4. The lowest BCUT2D eigenvalue weighted by Gasteiger charge is -2.24. The van der Waals surface area contributed by atoms with Crippen LogP contribution in [0.25, 0.3) is 0 Å². The smallest absolute Gasteiger partial charge is 0.123 e. The zero-order valence-electron chi connectivity index (χ0n) is 13.0. The summed E-state index contributed by atoms with van der Waals surface area (Å²) in [6.07, 6.45) is 1.76. The Balaban J connectivity index is 1.70. The molecule has 0 unspecified atom stereocenters. The zero-order valence-corrected chi connectivity index (χ0v) is 13.0. The molecule has 0 spiro atoms. The van der Waals surface area contributed by atoms with E-state index >= 15 is 0 Å². The minimum Gasteiger partial charge on any atom is -0.491 e. The van der Waals surface area contributed by atoms with E-state index in [-0.39, 0.29) is 5.82 Å². The minimum atomic E-state index is -0.242. The van der Waals surface area contributed by atoms with E-state index in [2.05, 4.69) is 4.99 Å². The first kappa shape index (κ1) is 15.5. The normalized spacial score (nSPS) is 13.0. The molecule has 0 saturated carbocycles. The van der Waals surface area contributed by atoms with Gasteiger partial charge in [-0.1, -0.05) is 6.07 Å². The van der Waals surface area contributed by atoms with Gasteiger partial charge in [0, 0.05) is 23.9 Å².